The molecule has 110 valence electrons. The standard InChI is InChI=1S/C15H21NO4/c1-8-5-11(15(20)9(2)14(8)19)4-3-10-6-12(17)16-13(18)7-10/h4,8-10,14,19H,3,5-7H2,1-2H3,(H,16,17,18)/b11-4-/t8-,9+,14-/m1/s1. The number of Topliss-reactive ketones (excluding diaryl/α,β-unsaturated/α-hetero) is 1. The van der Waals surface area contributed by atoms with Gasteiger partial charge in [-0.15, -0.1) is 0 Å². The number of imide groups is 1. The number of ketones is 1. The zero-order chi connectivity index (χ0) is 14.9. The van der Waals surface area contributed by atoms with Gasteiger partial charge in [0.05, 0.1) is 6.10 Å². The number of amides is 2. The molecule has 0 aromatic carbocycles. The predicted molar refractivity (Wildman–Crippen MR) is 72.5 cm³/mol. The molecule has 2 fully saturated rings. The monoisotopic (exact) mass is 279 g/mol. The molecule has 20 heavy (non-hydrogen) atoms. The van der Waals surface area contributed by atoms with E-state index in [0.717, 1.165) is 5.57 Å². The summed E-state index contributed by atoms with van der Waals surface area (Å²) in [7, 11) is 0. The molecule has 0 spiro atoms. The highest BCUT2D eigenvalue weighted by Gasteiger charge is 2.35. The molecule has 2 N–H and O–H groups in total. The van der Waals surface area contributed by atoms with Crippen LogP contribution in [0.1, 0.15) is 39.5 Å². The number of aliphatic hydroxyl groups is 1. The van der Waals surface area contributed by atoms with Crippen molar-refractivity contribution in [2.45, 2.75) is 45.6 Å². The molecular formula is C15H21NO4. The van der Waals surface area contributed by atoms with Crippen LogP contribution in [-0.4, -0.2) is 28.8 Å². The van der Waals surface area contributed by atoms with Crippen LogP contribution in [0, 0.1) is 17.8 Å². The first-order valence-electron chi connectivity index (χ1n) is 7.12. The van der Waals surface area contributed by atoms with Crippen LogP contribution in [0.25, 0.3) is 0 Å². The second-order valence-corrected chi connectivity index (χ2v) is 6.04. The Morgan fingerprint density at radius 3 is 2.35 bits per heavy atom. The van der Waals surface area contributed by atoms with Gasteiger partial charge in [-0.1, -0.05) is 19.9 Å². The van der Waals surface area contributed by atoms with Gasteiger partial charge in [0, 0.05) is 18.8 Å². The second-order valence-electron chi connectivity index (χ2n) is 6.04. The molecule has 5 heteroatoms. The SMILES string of the molecule is C[C@@H]1C/C(=C/CC2CC(=O)NC(=O)C2)C(=O)[C@@H](C)[C@@H]1O. The Kier molecular flexibility index (Phi) is 4.38. The molecule has 2 amide bonds. The van der Waals surface area contributed by atoms with E-state index in [0.29, 0.717) is 25.7 Å². The van der Waals surface area contributed by atoms with Crippen LogP contribution < -0.4 is 5.32 Å². The van der Waals surface area contributed by atoms with E-state index in [-0.39, 0.29) is 35.4 Å². The van der Waals surface area contributed by atoms with Gasteiger partial charge in [-0.25, -0.2) is 0 Å². The highest BCUT2D eigenvalue weighted by atomic mass is 16.3. The Labute approximate surface area is 118 Å². The lowest BCUT2D eigenvalue weighted by molar-refractivity contribution is -0.134. The van der Waals surface area contributed by atoms with E-state index in [1.54, 1.807) is 6.92 Å². The van der Waals surface area contributed by atoms with Crippen LogP contribution in [0.4, 0.5) is 0 Å². The zero-order valence-electron chi connectivity index (χ0n) is 11.9. The van der Waals surface area contributed by atoms with Gasteiger partial charge >= 0.3 is 0 Å². The van der Waals surface area contributed by atoms with Crippen LogP contribution in [0.15, 0.2) is 11.6 Å². The molecule has 1 heterocycles. The summed E-state index contributed by atoms with van der Waals surface area (Å²) in [6, 6.07) is 0. The first-order chi connectivity index (χ1) is 9.38. The van der Waals surface area contributed by atoms with E-state index in [4.69, 9.17) is 0 Å². The fourth-order valence-electron chi connectivity index (χ4n) is 3.02. The highest BCUT2D eigenvalue weighted by Crippen LogP contribution is 2.31. The summed E-state index contributed by atoms with van der Waals surface area (Å²) in [6.45, 7) is 3.67. The highest BCUT2D eigenvalue weighted by molar-refractivity contribution is 5.99. The Hall–Kier alpha value is -1.49. The van der Waals surface area contributed by atoms with Gasteiger partial charge in [0.2, 0.25) is 11.8 Å². The van der Waals surface area contributed by atoms with Crippen LogP contribution in [0.5, 0.6) is 0 Å². The third kappa shape index (κ3) is 3.15. The minimum Gasteiger partial charge on any atom is -0.392 e. The molecule has 3 atom stereocenters. The Morgan fingerprint density at radius 2 is 1.75 bits per heavy atom. The van der Waals surface area contributed by atoms with Crippen molar-refractivity contribution in [3.63, 3.8) is 0 Å². The van der Waals surface area contributed by atoms with Gasteiger partial charge in [0.25, 0.3) is 0 Å². The van der Waals surface area contributed by atoms with Crippen molar-refractivity contribution >= 4 is 17.6 Å². The van der Waals surface area contributed by atoms with Crippen molar-refractivity contribution < 1.29 is 19.5 Å². The number of carbonyl (C=O) groups is 3. The van der Waals surface area contributed by atoms with E-state index < -0.39 is 6.10 Å². The van der Waals surface area contributed by atoms with Crippen molar-refractivity contribution in [2.24, 2.45) is 17.8 Å². The summed E-state index contributed by atoms with van der Waals surface area (Å²) >= 11 is 0. The zero-order valence-corrected chi connectivity index (χ0v) is 11.9. The topological polar surface area (TPSA) is 83.5 Å². The summed E-state index contributed by atoms with van der Waals surface area (Å²) in [4.78, 5) is 34.7. The summed E-state index contributed by atoms with van der Waals surface area (Å²) in [5, 5.41) is 12.2. The molecule has 2 aliphatic rings. The maximum atomic E-state index is 12.1. The third-order valence-corrected chi connectivity index (χ3v) is 4.29. The number of hydrogen-bond donors (Lipinski definition) is 2. The molecule has 1 saturated carbocycles. The maximum absolute atomic E-state index is 12.1. The minimum absolute atomic E-state index is 0.0119. The predicted octanol–water partition coefficient (Wildman–Crippen LogP) is 0.962. The van der Waals surface area contributed by atoms with Crippen LogP contribution >= 0.6 is 0 Å². The molecule has 0 bridgehead atoms. The molecular weight excluding hydrogens is 258 g/mol. The van der Waals surface area contributed by atoms with Crippen LogP contribution in [-0.2, 0) is 14.4 Å². The number of hydrogen-bond acceptors (Lipinski definition) is 4. The van der Waals surface area contributed by atoms with Crippen molar-refractivity contribution in [1.82, 2.24) is 5.32 Å². The molecule has 1 aliphatic heterocycles. The van der Waals surface area contributed by atoms with Crippen molar-refractivity contribution in [2.75, 3.05) is 0 Å². The van der Waals surface area contributed by atoms with Crippen molar-refractivity contribution in [1.29, 1.82) is 0 Å². The molecule has 0 aromatic heterocycles. The van der Waals surface area contributed by atoms with E-state index in [1.807, 2.05) is 13.0 Å². The summed E-state index contributed by atoms with van der Waals surface area (Å²) in [5.41, 5.74) is 0.730. The van der Waals surface area contributed by atoms with Gasteiger partial charge in [-0.3, -0.25) is 19.7 Å². The van der Waals surface area contributed by atoms with E-state index >= 15 is 0 Å². The van der Waals surface area contributed by atoms with Gasteiger partial charge in [0.1, 0.15) is 0 Å². The summed E-state index contributed by atoms with van der Waals surface area (Å²) < 4.78 is 0. The number of piperidine rings is 1. The first kappa shape index (κ1) is 14.9. The number of nitrogens with one attached hydrogen (secondary N) is 1. The smallest absolute Gasteiger partial charge is 0.226 e. The minimum atomic E-state index is -0.582. The lowest BCUT2D eigenvalue weighted by Gasteiger charge is -2.31. The molecule has 5 nitrogen and oxygen atoms in total. The van der Waals surface area contributed by atoms with Crippen molar-refractivity contribution in [3.05, 3.63) is 11.6 Å². The average Bonchev–Trinajstić information content (AvgIpc) is 2.38. The fourth-order valence-corrected chi connectivity index (χ4v) is 3.02. The fraction of sp³-hybridized carbons (Fsp3) is 0.667. The Morgan fingerprint density at radius 1 is 1.15 bits per heavy atom. The lowest BCUT2D eigenvalue weighted by Crippen LogP contribution is -2.39. The molecule has 0 unspecified atom stereocenters. The average molecular weight is 279 g/mol. The first-order valence-corrected chi connectivity index (χ1v) is 7.12. The third-order valence-electron chi connectivity index (χ3n) is 4.29. The normalized spacial score (nSPS) is 34.5. The molecule has 0 aromatic rings. The number of aliphatic hydroxyl groups excluding tert-OH is 1. The quantitative estimate of drug-likeness (QED) is 0.582. The van der Waals surface area contributed by atoms with E-state index in [9.17, 15) is 19.5 Å². The number of allylic oxidation sites excluding steroid dienone is 2. The van der Waals surface area contributed by atoms with Crippen LogP contribution in [0.3, 0.4) is 0 Å². The molecule has 1 saturated heterocycles. The molecule has 1 aliphatic carbocycles. The number of rotatable bonds is 2. The largest absolute Gasteiger partial charge is 0.392 e. The van der Waals surface area contributed by atoms with E-state index in [2.05, 4.69) is 5.32 Å². The maximum Gasteiger partial charge on any atom is 0.226 e. The second kappa shape index (κ2) is 5.87. The van der Waals surface area contributed by atoms with Crippen molar-refractivity contribution in [3.8, 4) is 0 Å². The van der Waals surface area contributed by atoms with Gasteiger partial charge < -0.3 is 5.11 Å². The molecule has 0 radical (unpaired) electrons. The van der Waals surface area contributed by atoms with Gasteiger partial charge in [-0.2, -0.15) is 0 Å². The van der Waals surface area contributed by atoms with Gasteiger partial charge in [-0.05, 0) is 30.3 Å². The summed E-state index contributed by atoms with van der Waals surface area (Å²) in [5.74, 6) is -0.823. The molecule has 2 rings (SSSR count). The Balaban J connectivity index is 2.02. The Bertz CT molecular complexity index is 452. The van der Waals surface area contributed by atoms with Gasteiger partial charge in [0.15, 0.2) is 5.78 Å². The summed E-state index contributed by atoms with van der Waals surface area (Å²) in [6.07, 6.45) is 3.07. The van der Waals surface area contributed by atoms with E-state index in [1.165, 1.54) is 0 Å². The van der Waals surface area contributed by atoms with Crippen LogP contribution in [0.2, 0.25) is 0 Å². The lowest BCUT2D eigenvalue weighted by atomic mass is 9.76. The number of carbonyl (C=O) groups excluding carboxylic acids is 3.